The topological polar surface area (TPSA) is 96.3 Å². The Balaban J connectivity index is 1.53. The summed E-state index contributed by atoms with van der Waals surface area (Å²) < 4.78 is 0.571. The normalized spacial score (nSPS) is 16.9. The molecule has 3 heterocycles. The second-order valence-electron chi connectivity index (χ2n) is 7.83. The van der Waals surface area contributed by atoms with E-state index in [-0.39, 0.29) is 16.5 Å². The summed E-state index contributed by atoms with van der Waals surface area (Å²) in [5, 5.41) is 21.2. The van der Waals surface area contributed by atoms with Crippen molar-refractivity contribution in [3.05, 3.63) is 104 Å². The van der Waals surface area contributed by atoms with Crippen molar-refractivity contribution in [2.24, 2.45) is 0 Å². The van der Waals surface area contributed by atoms with Crippen LogP contribution in [0.25, 0.3) is 5.76 Å². The Morgan fingerprint density at radius 1 is 1.00 bits per heavy atom. The molecule has 1 atom stereocenters. The number of ketones is 1. The number of Topliss-reactive ketones (excluding diaryl/α,β-unsaturated/α-hetero) is 1. The third kappa shape index (κ3) is 5.23. The van der Waals surface area contributed by atoms with Crippen LogP contribution in [-0.4, -0.2) is 32.0 Å². The number of benzene rings is 2. The molecule has 1 N–H and O–H groups in total. The fraction of sp³-hybridized carbons (Fsp3) is 0.0800. The van der Waals surface area contributed by atoms with Crippen LogP contribution in [0, 0.1) is 0 Å². The number of amides is 1. The number of carbonyl (C=O) groups is 2. The van der Waals surface area contributed by atoms with Gasteiger partial charge >= 0.3 is 5.91 Å². The predicted molar refractivity (Wildman–Crippen MR) is 146 cm³/mol. The van der Waals surface area contributed by atoms with Crippen molar-refractivity contribution in [2.75, 3.05) is 4.90 Å². The van der Waals surface area contributed by atoms with Crippen molar-refractivity contribution in [2.45, 2.75) is 16.1 Å². The zero-order chi connectivity index (χ0) is 26.1. The number of thioether (sulfide) groups is 1. The van der Waals surface area contributed by atoms with E-state index in [1.165, 1.54) is 29.1 Å². The zero-order valence-corrected chi connectivity index (χ0v) is 22.5. The molecular formula is C25H15Cl3N4O3S2. The summed E-state index contributed by atoms with van der Waals surface area (Å²) in [6, 6.07) is 14.2. The highest BCUT2D eigenvalue weighted by Gasteiger charge is 2.48. The van der Waals surface area contributed by atoms with Crippen molar-refractivity contribution < 1.29 is 14.7 Å². The van der Waals surface area contributed by atoms with Gasteiger partial charge in [0.2, 0.25) is 5.13 Å². The minimum atomic E-state index is -0.955. The largest absolute Gasteiger partial charge is 0.507 e. The molecule has 0 spiro atoms. The number of nitrogens with zero attached hydrogens (tertiary/aromatic N) is 4. The molecule has 1 aliphatic heterocycles. The molecule has 1 fully saturated rings. The van der Waals surface area contributed by atoms with Gasteiger partial charge in [0.25, 0.3) is 5.78 Å². The smallest absolute Gasteiger partial charge is 0.301 e. The van der Waals surface area contributed by atoms with E-state index in [1.54, 1.807) is 48.5 Å². The number of rotatable bonds is 6. The van der Waals surface area contributed by atoms with E-state index in [2.05, 4.69) is 15.2 Å². The minimum Gasteiger partial charge on any atom is -0.507 e. The van der Waals surface area contributed by atoms with Gasteiger partial charge in [-0.05, 0) is 47.5 Å². The third-order valence-corrected chi connectivity index (χ3v) is 8.46. The van der Waals surface area contributed by atoms with Gasteiger partial charge in [-0.15, -0.1) is 10.2 Å². The average Bonchev–Trinajstić information content (AvgIpc) is 3.46. The predicted octanol–water partition coefficient (Wildman–Crippen LogP) is 6.81. The molecule has 0 aliphatic carbocycles. The van der Waals surface area contributed by atoms with Crippen LogP contribution >= 0.6 is 57.9 Å². The summed E-state index contributed by atoms with van der Waals surface area (Å²) >= 11 is 21.0. The molecule has 7 nitrogen and oxygen atoms in total. The van der Waals surface area contributed by atoms with E-state index in [0.717, 1.165) is 16.9 Å². The molecule has 2 aromatic carbocycles. The molecule has 2 aromatic heterocycles. The van der Waals surface area contributed by atoms with Crippen LogP contribution in [0.3, 0.4) is 0 Å². The standard InChI is InChI=1S/C25H15Cl3N4O3S2/c26-16-3-1-2-14(10-16)20-19(21(33)13-6-8-29-9-7-13)22(34)23(35)32(20)24-30-31-25(37-24)36-12-15-4-5-17(27)11-18(15)28/h1-11,20,33H,12H2/b21-19+. The lowest BCUT2D eigenvalue weighted by molar-refractivity contribution is -0.132. The molecule has 186 valence electrons. The lowest BCUT2D eigenvalue weighted by Gasteiger charge is -2.22. The van der Waals surface area contributed by atoms with Crippen molar-refractivity contribution in [3.8, 4) is 0 Å². The molecule has 0 bridgehead atoms. The second kappa shape index (κ2) is 10.8. The molecule has 1 unspecified atom stereocenters. The summed E-state index contributed by atoms with van der Waals surface area (Å²) in [5.74, 6) is -1.47. The Morgan fingerprint density at radius 3 is 2.49 bits per heavy atom. The van der Waals surface area contributed by atoms with E-state index in [9.17, 15) is 14.7 Å². The van der Waals surface area contributed by atoms with Crippen molar-refractivity contribution in [1.82, 2.24) is 15.2 Å². The Morgan fingerprint density at radius 2 is 1.76 bits per heavy atom. The highest BCUT2D eigenvalue weighted by atomic mass is 35.5. The first-order valence-electron chi connectivity index (χ1n) is 10.7. The summed E-state index contributed by atoms with van der Waals surface area (Å²) in [4.78, 5) is 31.7. The molecule has 1 aliphatic rings. The van der Waals surface area contributed by atoms with E-state index in [0.29, 0.717) is 36.3 Å². The SMILES string of the molecule is O=C1C(=O)N(c2nnc(SCc3ccc(Cl)cc3Cl)s2)C(c2cccc(Cl)c2)/C1=C(\O)c1ccncc1. The van der Waals surface area contributed by atoms with Gasteiger partial charge < -0.3 is 5.11 Å². The number of aliphatic hydroxyl groups excluding tert-OH is 1. The number of halogens is 3. The van der Waals surface area contributed by atoms with Crippen LogP contribution in [0.1, 0.15) is 22.7 Å². The van der Waals surface area contributed by atoms with Gasteiger partial charge in [-0.2, -0.15) is 0 Å². The number of anilines is 1. The summed E-state index contributed by atoms with van der Waals surface area (Å²) in [5.41, 5.74) is 1.69. The molecule has 37 heavy (non-hydrogen) atoms. The monoisotopic (exact) mass is 588 g/mol. The van der Waals surface area contributed by atoms with Crippen LogP contribution in [0.4, 0.5) is 5.13 Å². The second-order valence-corrected chi connectivity index (χ2v) is 11.3. The van der Waals surface area contributed by atoms with Crippen LogP contribution in [-0.2, 0) is 15.3 Å². The Labute approximate surface area is 234 Å². The Hall–Kier alpha value is -2.95. The van der Waals surface area contributed by atoms with Gasteiger partial charge in [0.05, 0.1) is 11.6 Å². The Kier molecular flexibility index (Phi) is 7.50. The van der Waals surface area contributed by atoms with Gasteiger partial charge in [-0.1, -0.05) is 76.1 Å². The van der Waals surface area contributed by atoms with Crippen LogP contribution in [0.5, 0.6) is 0 Å². The van der Waals surface area contributed by atoms with E-state index < -0.39 is 17.7 Å². The number of aliphatic hydroxyl groups is 1. The van der Waals surface area contributed by atoms with Crippen LogP contribution in [0.2, 0.25) is 15.1 Å². The van der Waals surface area contributed by atoms with Gasteiger partial charge in [-0.3, -0.25) is 19.5 Å². The van der Waals surface area contributed by atoms with Crippen LogP contribution < -0.4 is 4.90 Å². The molecule has 1 amide bonds. The fourth-order valence-electron chi connectivity index (χ4n) is 3.82. The number of hydrogen-bond donors (Lipinski definition) is 1. The first-order chi connectivity index (χ1) is 17.8. The van der Waals surface area contributed by atoms with Crippen LogP contribution in [0.15, 0.2) is 76.9 Å². The number of carbonyl (C=O) groups excluding carboxylic acids is 2. The molecule has 4 aromatic rings. The average molecular weight is 590 g/mol. The fourth-order valence-corrected chi connectivity index (χ4v) is 6.45. The van der Waals surface area contributed by atoms with Crippen molar-refractivity contribution in [3.63, 3.8) is 0 Å². The quantitative estimate of drug-likeness (QED) is 0.0867. The summed E-state index contributed by atoms with van der Waals surface area (Å²) in [6.45, 7) is 0. The number of hydrogen-bond acceptors (Lipinski definition) is 8. The molecule has 12 heteroatoms. The van der Waals surface area contributed by atoms with E-state index in [4.69, 9.17) is 34.8 Å². The highest BCUT2D eigenvalue weighted by molar-refractivity contribution is 8.00. The van der Waals surface area contributed by atoms with E-state index in [1.807, 2.05) is 6.07 Å². The molecular weight excluding hydrogens is 575 g/mol. The molecule has 0 radical (unpaired) electrons. The van der Waals surface area contributed by atoms with Gasteiger partial charge in [0.15, 0.2) is 4.34 Å². The van der Waals surface area contributed by atoms with Gasteiger partial charge in [0, 0.05) is 38.8 Å². The minimum absolute atomic E-state index is 0.0733. The maximum atomic E-state index is 13.3. The zero-order valence-electron chi connectivity index (χ0n) is 18.6. The molecule has 1 saturated heterocycles. The number of pyridine rings is 1. The highest BCUT2D eigenvalue weighted by Crippen LogP contribution is 2.44. The summed E-state index contributed by atoms with van der Waals surface area (Å²) in [7, 11) is 0. The van der Waals surface area contributed by atoms with Crippen molar-refractivity contribution >= 4 is 80.5 Å². The lowest BCUT2D eigenvalue weighted by Crippen LogP contribution is -2.29. The maximum Gasteiger partial charge on any atom is 0.301 e. The maximum absolute atomic E-state index is 13.3. The first kappa shape index (κ1) is 25.7. The third-order valence-electron chi connectivity index (χ3n) is 5.53. The van der Waals surface area contributed by atoms with Crippen molar-refractivity contribution in [1.29, 1.82) is 0 Å². The van der Waals surface area contributed by atoms with E-state index >= 15 is 0 Å². The molecule has 5 rings (SSSR count). The first-order valence-corrected chi connectivity index (χ1v) is 13.6. The Bertz CT molecular complexity index is 1550. The summed E-state index contributed by atoms with van der Waals surface area (Å²) in [6.07, 6.45) is 2.97. The molecule has 0 saturated carbocycles. The van der Waals surface area contributed by atoms with Gasteiger partial charge in [-0.25, -0.2) is 0 Å². The number of aromatic nitrogens is 3. The van der Waals surface area contributed by atoms with Gasteiger partial charge in [0.1, 0.15) is 5.76 Å². The lowest BCUT2D eigenvalue weighted by atomic mass is 9.96.